The number of benzene rings is 2. The molecule has 1 aliphatic carbocycles. The van der Waals surface area contributed by atoms with Gasteiger partial charge in [-0.1, -0.05) is 47.5 Å². The lowest BCUT2D eigenvalue weighted by atomic mass is 9.93. The third-order valence-electron chi connectivity index (χ3n) is 6.21. The van der Waals surface area contributed by atoms with Crippen molar-refractivity contribution in [3.63, 3.8) is 0 Å². The highest BCUT2D eigenvalue weighted by atomic mass is 35.5. The van der Waals surface area contributed by atoms with Crippen LogP contribution in [0.15, 0.2) is 63.3 Å². The molecule has 2 atom stereocenters. The van der Waals surface area contributed by atoms with Crippen LogP contribution in [0.3, 0.4) is 0 Å². The van der Waals surface area contributed by atoms with Gasteiger partial charge in [-0.15, -0.1) is 0 Å². The Morgan fingerprint density at radius 3 is 2.65 bits per heavy atom. The summed E-state index contributed by atoms with van der Waals surface area (Å²) < 4.78 is 0. The second-order valence-corrected chi connectivity index (χ2v) is 9.78. The first kappa shape index (κ1) is 24.8. The number of halogens is 2. The van der Waals surface area contributed by atoms with Gasteiger partial charge in [0.1, 0.15) is 5.82 Å². The van der Waals surface area contributed by atoms with E-state index in [1.807, 2.05) is 61.4 Å². The van der Waals surface area contributed by atoms with Crippen molar-refractivity contribution in [2.75, 3.05) is 12.4 Å². The second kappa shape index (κ2) is 9.88. The average molecular weight is 534 g/mol. The lowest BCUT2D eigenvalue weighted by molar-refractivity contribution is 0.379. The van der Waals surface area contributed by atoms with Gasteiger partial charge in [0.25, 0.3) is 5.56 Å². The van der Waals surface area contributed by atoms with Crippen LogP contribution in [0.2, 0.25) is 10.0 Å². The number of nitrogens with zero attached hydrogens (tertiary/aromatic N) is 4. The molecular formula is C27H25Cl2N7O. The van der Waals surface area contributed by atoms with Crippen LogP contribution in [-0.2, 0) is 0 Å². The Balaban J connectivity index is 1.44. The van der Waals surface area contributed by atoms with Gasteiger partial charge in [0.05, 0.1) is 50.6 Å². The Bertz CT molecular complexity index is 1550. The van der Waals surface area contributed by atoms with Gasteiger partial charge < -0.3 is 20.9 Å². The molecule has 0 spiro atoms. The predicted molar refractivity (Wildman–Crippen MR) is 153 cm³/mol. The standard InChI is InChI=1S/C27H25Cl2N7O/c1-14(12-16-6-4-7-17(13-16)31-15(2)30)25-32-20-10-11-21-24(22(20)26(37)35-25)36(3)27(33-21)34-23-18(28)8-5-9-19(23)29/h4-13,21,24H,1-3H3,(H2,30,31)(H,33,34)(H,32,35,37)/b14-12+. The number of rotatable bonds is 4. The zero-order valence-electron chi connectivity index (χ0n) is 20.5. The van der Waals surface area contributed by atoms with Gasteiger partial charge in [0.2, 0.25) is 0 Å². The number of aromatic nitrogens is 2. The molecule has 4 N–H and O–H groups in total. The van der Waals surface area contributed by atoms with E-state index in [1.165, 1.54) is 0 Å². The minimum absolute atomic E-state index is 0.205. The first-order valence-corrected chi connectivity index (χ1v) is 12.4. The number of hydrogen-bond donors (Lipinski definition) is 3. The number of nitrogens with one attached hydrogen (secondary N) is 2. The van der Waals surface area contributed by atoms with E-state index in [9.17, 15) is 4.79 Å². The van der Waals surface area contributed by atoms with Crippen LogP contribution in [0.4, 0.5) is 11.4 Å². The molecule has 1 aliphatic heterocycles. The number of amidine groups is 1. The first-order valence-electron chi connectivity index (χ1n) is 11.6. The van der Waals surface area contributed by atoms with Gasteiger partial charge >= 0.3 is 0 Å². The normalized spacial score (nSPS) is 18.9. The minimum atomic E-state index is -0.313. The van der Waals surface area contributed by atoms with Gasteiger partial charge in [-0.05, 0) is 61.4 Å². The Morgan fingerprint density at radius 1 is 1.19 bits per heavy atom. The number of aromatic amines is 1. The van der Waals surface area contributed by atoms with E-state index < -0.39 is 0 Å². The SMILES string of the molecule is CC(N)=Nc1cccc(/C=C(\C)c2nc3c(c(=O)[nH]2)C2C(C=C3)N=C(Nc3c(Cl)cccc3Cl)N2C)c1. The molecule has 37 heavy (non-hydrogen) atoms. The number of allylic oxidation sites excluding steroid dienone is 1. The molecule has 0 saturated heterocycles. The van der Waals surface area contributed by atoms with E-state index in [0.29, 0.717) is 44.6 Å². The quantitative estimate of drug-likeness (QED) is 0.303. The molecule has 2 aliphatic rings. The highest BCUT2D eigenvalue weighted by molar-refractivity contribution is 6.39. The molecule has 0 fully saturated rings. The molecule has 5 rings (SSSR count). The number of H-pyrrole nitrogens is 1. The summed E-state index contributed by atoms with van der Waals surface area (Å²) in [4.78, 5) is 32.1. The number of anilines is 1. The van der Waals surface area contributed by atoms with Crippen LogP contribution in [-0.4, -0.2) is 39.8 Å². The molecule has 2 heterocycles. The summed E-state index contributed by atoms with van der Waals surface area (Å²) in [5.74, 6) is 1.55. The van der Waals surface area contributed by atoms with E-state index in [-0.39, 0.29) is 17.6 Å². The van der Waals surface area contributed by atoms with Crippen molar-refractivity contribution in [1.82, 2.24) is 14.9 Å². The van der Waals surface area contributed by atoms with Gasteiger partial charge in [0.15, 0.2) is 5.96 Å². The van der Waals surface area contributed by atoms with Gasteiger partial charge in [-0.25, -0.2) is 15.0 Å². The summed E-state index contributed by atoms with van der Waals surface area (Å²) >= 11 is 12.7. The molecular weight excluding hydrogens is 509 g/mol. The topological polar surface area (TPSA) is 112 Å². The zero-order valence-corrected chi connectivity index (χ0v) is 22.0. The van der Waals surface area contributed by atoms with E-state index >= 15 is 0 Å². The van der Waals surface area contributed by atoms with Gasteiger partial charge in [0, 0.05) is 7.05 Å². The molecule has 10 heteroatoms. The van der Waals surface area contributed by atoms with Crippen molar-refractivity contribution < 1.29 is 0 Å². The summed E-state index contributed by atoms with van der Waals surface area (Å²) in [6, 6.07) is 12.4. The van der Waals surface area contributed by atoms with Crippen LogP contribution < -0.4 is 16.6 Å². The number of likely N-dealkylation sites (N-methyl/N-ethyl adjacent to an activating group) is 1. The van der Waals surface area contributed by atoms with Gasteiger partial charge in [-0.3, -0.25) is 4.79 Å². The van der Waals surface area contributed by atoms with Crippen molar-refractivity contribution in [1.29, 1.82) is 0 Å². The van der Waals surface area contributed by atoms with Crippen molar-refractivity contribution in [2.45, 2.75) is 25.9 Å². The molecule has 2 aromatic carbocycles. The Labute approximate surface area is 224 Å². The molecule has 3 aromatic rings. The summed E-state index contributed by atoms with van der Waals surface area (Å²) in [6.45, 7) is 3.65. The summed E-state index contributed by atoms with van der Waals surface area (Å²) in [5.41, 5.74) is 9.74. The number of fused-ring (bicyclic) bond motifs is 3. The van der Waals surface area contributed by atoms with Crippen LogP contribution in [0.1, 0.15) is 42.5 Å². The monoisotopic (exact) mass is 533 g/mol. The van der Waals surface area contributed by atoms with E-state index in [4.69, 9.17) is 38.9 Å². The smallest absolute Gasteiger partial charge is 0.257 e. The minimum Gasteiger partial charge on any atom is -0.387 e. The third kappa shape index (κ3) is 4.90. The van der Waals surface area contributed by atoms with Crippen LogP contribution >= 0.6 is 23.2 Å². The third-order valence-corrected chi connectivity index (χ3v) is 6.84. The van der Waals surface area contributed by atoms with E-state index in [0.717, 1.165) is 16.8 Å². The molecule has 2 unspecified atom stereocenters. The molecule has 8 nitrogen and oxygen atoms in total. The largest absolute Gasteiger partial charge is 0.387 e. The fraction of sp³-hybridized carbons (Fsp3) is 0.185. The molecule has 0 amide bonds. The lowest BCUT2D eigenvalue weighted by Crippen LogP contribution is -2.38. The average Bonchev–Trinajstić information content (AvgIpc) is 3.16. The van der Waals surface area contributed by atoms with Gasteiger partial charge in [-0.2, -0.15) is 0 Å². The fourth-order valence-corrected chi connectivity index (χ4v) is 5.01. The second-order valence-electron chi connectivity index (χ2n) is 8.97. The van der Waals surface area contributed by atoms with Crippen molar-refractivity contribution in [3.8, 4) is 0 Å². The Hall–Kier alpha value is -3.88. The summed E-state index contributed by atoms with van der Waals surface area (Å²) in [5, 5.41) is 4.19. The van der Waals surface area contributed by atoms with Crippen molar-refractivity contribution >= 4 is 64.1 Å². The molecule has 188 valence electrons. The maximum Gasteiger partial charge on any atom is 0.257 e. The molecule has 0 radical (unpaired) electrons. The number of para-hydroxylation sites is 1. The van der Waals surface area contributed by atoms with E-state index in [1.54, 1.807) is 25.1 Å². The lowest BCUT2D eigenvalue weighted by Gasteiger charge is -2.28. The van der Waals surface area contributed by atoms with Crippen LogP contribution in [0.5, 0.6) is 0 Å². The Kier molecular flexibility index (Phi) is 6.62. The number of hydrogen-bond acceptors (Lipinski definition) is 6. The zero-order chi connectivity index (χ0) is 26.3. The van der Waals surface area contributed by atoms with Crippen LogP contribution in [0.25, 0.3) is 17.7 Å². The fourth-order valence-electron chi connectivity index (χ4n) is 4.52. The number of aliphatic imine (C=N–C) groups is 2. The highest BCUT2D eigenvalue weighted by Gasteiger charge is 2.39. The number of guanidine groups is 1. The van der Waals surface area contributed by atoms with Crippen molar-refractivity contribution in [2.24, 2.45) is 15.7 Å². The van der Waals surface area contributed by atoms with E-state index in [2.05, 4.69) is 15.3 Å². The molecule has 1 aromatic heterocycles. The van der Waals surface area contributed by atoms with Crippen LogP contribution in [0, 0.1) is 0 Å². The maximum absolute atomic E-state index is 13.3. The molecule has 0 bridgehead atoms. The first-order chi connectivity index (χ1) is 17.7. The van der Waals surface area contributed by atoms with Crippen molar-refractivity contribution in [3.05, 3.63) is 91.6 Å². The number of nitrogens with two attached hydrogens (primary N) is 1. The molecule has 0 saturated carbocycles. The highest BCUT2D eigenvalue weighted by Crippen LogP contribution is 2.37. The Morgan fingerprint density at radius 2 is 1.92 bits per heavy atom. The summed E-state index contributed by atoms with van der Waals surface area (Å²) in [7, 11) is 1.88. The summed E-state index contributed by atoms with van der Waals surface area (Å²) in [6.07, 6.45) is 5.76. The maximum atomic E-state index is 13.3. The predicted octanol–water partition coefficient (Wildman–Crippen LogP) is 5.50.